The third-order valence-corrected chi connectivity index (χ3v) is 6.47. The second-order valence-electron chi connectivity index (χ2n) is 7.21. The molecule has 1 saturated heterocycles. The van der Waals surface area contributed by atoms with Crippen molar-refractivity contribution in [1.82, 2.24) is 9.62 Å². The van der Waals surface area contributed by atoms with Crippen LogP contribution in [0.5, 0.6) is 5.75 Å². The SMILES string of the molecule is CCCOc1ccc(S(=O)(=O)N2CCC(C(=O)NC(C)C)CC2)cc1C(N)=O. The van der Waals surface area contributed by atoms with Crippen LogP contribution in [0.15, 0.2) is 23.1 Å². The van der Waals surface area contributed by atoms with Crippen LogP contribution in [0.2, 0.25) is 0 Å². The van der Waals surface area contributed by atoms with Crippen LogP contribution in [-0.2, 0) is 14.8 Å². The number of nitrogens with two attached hydrogens (primary N) is 1. The molecular weight excluding hydrogens is 382 g/mol. The number of ether oxygens (including phenoxy) is 1. The van der Waals surface area contributed by atoms with Crippen LogP contribution in [0.1, 0.15) is 50.4 Å². The molecule has 0 saturated carbocycles. The van der Waals surface area contributed by atoms with Gasteiger partial charge in [-0.3, -0.25) is 9.59 Å². The monoisotopic (exact) mass is 411 g/mol. The molecule has 0 aliphatic carbocycles. The summed E-state index contributed by atoms with van der Waals surface area (Å²) in [5.74, 6) is -0.704. The number of benzene rings is 1. The van der Waals surface area contributed by atoms with Crippen molar-refractivity contribution in [2.45, 2.75) is 51.0 Å². The van der Waals surface area contributed by atoms with Crippen molar-refractivity contribution in [1.29, 1.82) is 0 Å². The summed E-state index contributed by atoms with van der Waals surface area (Å²) in [6, 6.07) is 4.20. The first-order chi connectivity index (χ1) is 13.2. The zero-order chi connectivity index (χ0) is 20.9. The van der Waals surface area contributed by atoms with Gasteiger partial charge in [0, 0.05) is 25.0 Å². The molecule has 9 heteroatoms. The van der Waals surface area contributed by atoms with E-state index in [9.17, 15) is 18.0 Å². The quantitative estimate of drug-likeness (QED) is 0.672. The summed E-state index contributed by atoms with van der Waals surface area (Å²) >= 11 is 0. The van der Waals surface area contributed by atoms with Gasteiger partial charge in [-0.05, 0) is 51.3 Å². The predicted octanol–water partition coefficient (Wildman–Crippen LogP) is 1.50. The summed E-state index contributed by atoms with van der Waals surface area (Å²) in [6.07, 6.45) is 1.66. The molecule has 1 aliphatic rings. The minimum Gasteiger partial charge on any atom is -0.493 e. The molecule has 0 atom stereocenters. The topological polar surface area (TPSA) is 119 Å². The molecule has 3 N–H and O–H groups in total. The van der Waals surface area contributed by atoms with Gasteiger partial charge >= 0.3 is 0 Å². The number of nitrogens with zero attached hydrogens (tertiary/aromatic N) is 1. The molecule has 1 aromatic carbocycles. The van der Waals surface area contributed by atoms with Gasteiger partial charge in [0.1, 0.15) is 5.75 Å². The van der Waals surface area contributed by atoms with Gasteiger partial charge in [0.05, 0.1) is 17.1 Å². The van der Waals surface area contributed by atoms with Gasteiger partial charge in [-0.15, -0.1) is 0 Å². The molecule has 28 heavy (non-hydrogen) atoms. The van der Waals surface area contributed by atoms with Gasteiger partial charge < -0.3 is 15.8 Å². The molecule has 1 fully saturated rings. The normalized spacial score (nSPS) is 16.1. The molecule has 0 aromatic heterocycles. The fraction of sp³-hybridized carbons (Fsp3) is 0.579. The van der Waals surface area contributed by atoms with Crippen LogP contribution in [0.25, 0.3) is 0 Å². The number of hydrogen-bond acceptors (Lipinski definition) is 5. The van der Waals surface area contributed by atoms with E-state index in [0.717, 1.165) is 6.42 Å². The van der Waals surface area contributed by atoms with Crippen molar-refractivity contribution in [2.24, 2.45) is 11.7 Å². The van der Waals surface area contributed by atoms with Gasteiger partial charge in [-0.1, -0.05) is 6.92 Å². The number of rotatable bonds is 8. The van der Waals surface area contributed by atoms with E-state index in [-0.39, 0.29) is 47.2 Å². The van der Waals surface area contributed by atoms with Crippen LogP contribution in [-0.4, -0.2) is 50.3 Å². The van der Waals surface area contributed by atoms with Crippen molar-refractivity contribution in [3.05, 3.63) is 23.8 Å². The van der Waals surface area contributed by atoms with E-state index >= 15 is 0 Å². The van der Waals surface area contributed by atoms with Crippen LogP contribution >= 0.6 is 0 Å². The van der Waals surface area contributed by atoms with E-state index in [4.69, 9.17) is 10.5 Å². The van der Waals surface area contributed by atoms with E-state index in [0.29, 0.717) is 19.4 Å². The number of carbonyl (C=O) groups is 2. The second-order valence-corrected chi connectivity index (χ2v) is 9.15. The number of hydrogen-bond donors (Lipinski definition) is 2. The maximum atomic E-state index is 13.0. The Morgan fingerprint density at radius 3 is 2.46 bits per heavy atom. The van der Waals surface area contributed by atoms with E-state index < -0.39 is 15.9 Å². The molecule has 0 unspecified atom stereocenters. The number of nitrogens with one attached hydrogen (secondary N) is 1. The molecule has 0 spiro atoms. The highest BCUT2D eigenvalue weighted by Crippen LogP contribution is 2.28. The lowest BCUT2D eigenvalue weighted by Crippen LogP contribution is -2.44. The molecule has 0 radical (unpaired) electrons. The molecule has 1 heterocycles. The summed E-state index contributed by atoms with van der Waals surface area (Å²) in [6.45, 7) is 6.60. The molecular formula is C19H29N3O5S. The van der Waals surface area contributed by atoms with E-state index in [1.165, 1.54) is 22.5 Å². The first-order valence-electron chi connectivity index (χ1n) is 9.54. The van der Waals surface area contributed by atoms with Gasteiger partial charge in [0.15, 0.2) is 0 Å². The zero-order valence-electron chi connectivity index (χ0n) is 16.6. The molecule has 2 rings (SSSR count). The third-order valence-electron chi connectivity index (χ3n) is 4.57. The Balaban J connectivity index is 2.16. The van der Waals surface area contributed by atoms with E-state index in [2.05, 4.69) is 5.32 Å². The lowest BCUT2D eigenvalue weighted by atomic mass is 9.97. The zero-order valence-corrected chi connectivity index (χ0v) is 17.4. The van der Waals surface area contributed by atoms with Crippen LogP contribution in [0.4, 0.5) is 0 Å². The Bertz CT molecular complexity index is 815. The Morgan fingerprint density at radius 1 is 1.29 bits per heavy atom. The average Bonchev–Trinajstić information content (AvgIpc) is 2.65. The first kappa shape index (κ1) is 22.2. The van der Waals surface area contributed by atoms with Crippen LogP contribution < -0.4 is 15.8 Å². The highest BCUT2D eigenvalue weighted by molar-refractivity contribution is 7.89. The van der Waals surface area contributed by atoms with Crippen LogP contribution in [0, 0.1) is 5.92 Å². The highest BCUT2D eigenvalue weighted by atomic mass is 32.2. The largest absolute Gasteiger partial charge is 0.493 e. The second kappa shape index (κ2) is 9.38. The van der Waals surface area contributed by atoms with Gasteiger partial charge in [-0.2, -0.15) is 4.31 Å². The Hall–Kier alpha value is -2.13. The summed E-state index contributed by atoms with van der Waals surface area (Å²) in [7, 11) is -3.79. The number of amides is 2. The molecule has 156 valence electrons. The molecule has 1 aromatic rings. The average molecular weight is 412 g/mol. The molecule has 2 amide bonds. The third kappa shape index (κ3) is 5.23. The van der Waals surface area contributed by atoms with E-state index in [1.54, 1.807) is 0 Å². The fourth-order valence-electron chi connectivity index (χ4n) is 3.11. The lowest BCUT2D eigenvalue weighted by molar-refractivity contribution is -0.126. The standard InChI is InChI=1S/C19H29N3O5S/c1-4-11-27-17-6-5-15(12-16(17)18(20)23)28(25,26)22-9-7-14(8-10-22)19(24)21-13(2)3/h5-6,12-14H,4,7-11H2,1-3H3,(H2,20,23)(H,21,24). The summed E-state index contributed by atoms with van der Waals surface area (Å²) in [4.78, 5) is 23.9. The number of carbonyl (C=O) groups excluding carboxylic acids is 2. The van der Waals surface area contributed by atoms with Gasteiger partial charge in [0.25, 0.3) is 5.91 Å². The summed E-state index contributed by atoms with van der Waals surface area (Å²) in [5, 5.41) is 2.87. The van der Waals surface area contributed by atoms with Crippen molar-refractivity contribution >= 4 is 21.8 Å². The lowest BCUT2D eigenvalue weighted by Gasteiger charge is -2.31. The summed E-state index contributed by atoms with van der Waals surface area (Å²) < 4.78 is 32.8. The first-order valence-corrected chi connectivity index (χ1v) is 11.0. The Labute approximate surface area is 166 Å². The van der Waals surface area contributed by atoms with Crippen molar-refractivity contribution < 1.29 is 22.7 Å². The Morgan fingerprint density at radius 2 is 1.93 bits per heavy atom. The van der Waals surface area contributed by atoms with Gasteiger partial charge in [0.2, 0.25) is 15.9 Å². The van der Waals surface area contributed by atoms with Gasteiger partial charge in [-0.25, -0.2) is 8.42 Å². The van der Waals surface area contributed by atoms with Crippen LogP contribution in [0.3, 0.4) is 0 Å². The molecule has 1 aliphatic heterocycles. The highest BCUT2D eigenvalue weighted by Gasteiger charge is 2.32. The number of primary amides is 1. The predicted molar refractivity (Wildman–Crippen MR) is 106 cm³/mol. The van der Waals surface area contributed by atoms with Crippen molar-refractivity contribution in [3.63, 3.8) is 0 Å². The molecule has 8 nitrogen and oxygen atoms in total. The number of sulfonamides is 1. The fourth-order valence-corrected chi connectivity index (χ4v) is 4.61. The minimum absolute atomic E-state index is 0.00442. The maximum Gasteiger partial charge on any atom is 0.252 e. The van der Waals surface area contributed by atoms with Crippen molar-refractivity contribution in [2.75, 3.05) is 19.7 Å². The van der Waals surface area contributed by atoms with Crippen molar-refractivity contribution in [3.8, 4) is 5.75 Å². The smallest absolute Gasteiger partial charge is 0.252 e. The van der Waals surface area contributed by atoms with E-state index in [1.807, 2.05) is 20.8 Å². The number of piperidine rings is 1. The maximum absolute atomic E-state index is 13.0. The Kier molecular flexibility index (Phi) is 7.42. The molecule has 0 bridgehead atoms. The minimum atomic E-state index is -3.79. The summed E-state index contributed by atoms with van der Waals surface area (Å²) in [5.41, 5.74) is 5.44.